The Hall–Kier alpha value is -2.66. The molecule has 0 aliphatic heterocycles. The van der Waals surface area contributed by atoms with Crippen LogP contribution in [0.5, 0.6) is 0 Å². The van der Waals surface area contributed by atoms with Crippen LogP contribution in [-0.2, 0) is 0 Å². The van der Waals surface area contributed by atoms with E-state index in [1.165, 1.54) is 0 Å². The van der Waals surface area contributed by atoms with Gasteiger partial charge in [0.25, 0.3) is 11.8 Å². The molecule has 1 unspecified atom stereocenters. The maximum atomic E-state index is 12.1. The van der Waals surface area contributed by atoms with E-state index in [1.54, 1.807) is 24.3 Å². The van der Waals surface area contributed by atoms with Crippen LogP contribution in [0.1, 0.15) is 40.5 Å². The third-order valence-corrected chi connectivity index (χ3v) is 3.68. The number of anilines is 1. The second-order valence-corrected chi connectivity index (χ2v) is 5.50. The van der Waals surface area contributed by atoms with Crippen molar-refractivity contribution in [2.24, 2.45) is 0 Å². The third kappa shape index (κ3) is 5.21. The van der Waals surface area contributed by atoms with Crippen molar-refractivity contribution in [2.45, 2.75) is 25.9 Å². The first-order valence-corrected chi connectivity index (χ1v) is 8.03. The van der Waals surface area contributed by atoms with Gasteiger partial charge in [0.15, 0.2) is 0 Å². The van der Waals surface area contributed by atoms with Gasteiger partial charge in [-0.05, 0) is 49.2 Å². The second-order valence-electron chi connectivity index (χ2n) is 5.50. The lowest BCUT2D eigenvalue weighted by molar-refractivity contribution is 0.0940. The standard InChI is InChI=1S/C19H22N2O3/c1-2-17(22)12-13-20-18(23)14-8-10-15(11-9-14)19(24)21-16-6-4-3-5-7-16/h3-11,17,22H,2,12-13H2,1H3,(H,20,23)(H,21,24). The lowest BCUT2D eigenvalue weighted by atomic mass is 10.1. The van der Waals surface area contributed by atoms with Crippen LogP contribution < -0.4 is 10.6 Å². The first kappa shape index (κ1) is 17.7. The van der Waals surface area contributed by atoms with E-state index < -0.39 is 6.10 Å². The molecule has 0 fully saturated rings. The Bertz CT molecular complexity index is 669. The maximum absolute atomic E-state index is 12.1. The van der Waals surface area contributed by atoms with Crippen LogP contribution in [0.4, 0.5) is 5.69 Å². The molecule has 0 spiro atoms. The molecule has 2 aromatic carbocycles. The number of aliphatic hydroxyl groups excluding tert-OH is 1. The molecule has 126 valence electrons. The van der Waals surface area contributed by atoms with E-state index in [0.717, 1.165) is 5.69 Å². The molecule has 1 atom stereocenters. The predicted molar refractivity (Wildman–Crippen MR) is 94.1 cm³/mol. The number of hydrogen-bond donors (Lipinski definition) is 3. The zero-order chi connectivity index (χ0) is 17.4. The average Bonchev–Trinajstić information content (AvgIpc) is 2.62. The molecular formula is C19H22N2O3. The summed E-state index contributed by atoms with van der Waals surface area (Å²) in [5.41, 5.74) is 1.69. The van der Waals surface area contributed by atoms with Crippen LogP contribution >= 0.6 is 0 Å². The van der Waals surface area contributed by atoms with Gasteiger partial charge in [-0.3, -0.25) is 9.59 Å². The van der Waals surface area contributed by atoms with Gasteiger partial charge in [-0.25, -0.2) is 0 Å². The first-order valence-electron chi connectivity index (χ1n) is 8.03. The summed E-state index contributed by atoms with van der Waals surface area (Å²) < 4.78 is 0. The smallest absolute Gasteiger partial charge is 0.255 e. The van der Waals surface area contributed by atoms with Crippen molar-refractivity contribution in [1.82, 2.24) is 5.32 Å². The highest BCUT2D eigenvalue weighted by molar-refractivity contribution is 6.05. The van der Waals surface area contributed by atoms with Gasteiger partial charge in [0, 0.05) is 23.4 Å². The van der Waals surface area contributed by atoms with Crippen molar-refractivity contribution in [3.63, 3.8) is 0 Å². The van der Waals surface area contributed by atoms with Crippen LogP contribution in [0.3, 0.4) is 0 Å². The Morgan fingerprint density at radius 3 is 2.12 bits per heavy atom. The van der Waals surface area contributed by atoms with E-state index in [-0.39, 0.29) is 11.8 Å². The largest absolute Gasteiger partial charge is 0.393 e. The number of carbonyl (C=O) groups excluding carboxylic acids is 2. The molecule has 2 aromatic rings. The summed E-state index contributed by atoms with van der Waals surface area (Å²) in [4.78, 5) is 24.1. The number of hydrogen-bond acceptors (Lipinski definition) is 3. The van der Waals surface area contributed by atoms with Crippen molar-refractivity contribution < 1.29 is 14.7 Å². The molecule has 0 heterocycles. The predicted octanol–water partition coefficient (Wildman–Crippen LogP) is 2.83. The van der Waals surface area contributed by atoms with E-state index in [1.807, 2.05) is 37.3 Å². The fourth-order valence-corrected chi connectivity index (χ4v) is 2.16. The number of benzene rings is 2. The van der Waals surface area contributed by atoms with Crippen molar-refractivity contribution >= 4 is 17.5 Å². The molecule has 0 radical (unpaired) electrons. The summed E-state index contributed by atoms with van der Waals surface area (Å²) in [6.07, 6.45) is 0.801. The minimum Gasteiger partial charge on any atom is -0.393 e. The van der Waals surface area contributed by atoms with Gasteiger partial charge >= 0.3 is 0 Å². The number of rotatable bonds is 7. The summed E-state index contributed by atoms with van der Waals surface area (Å²) in [7, 11) is 0. The molecule has 3 N–H and O–H groups in total. The minimum absolute atomic E-state index is 0.215. The van der Waals surface area contributed by atoms with Crippen LogP contribution in [0.25, 0.3) is 0 Å². The molecule has 24 heavy (non-hydrogen) atoms. The highest BCUT2D eigenvalue weighted by Gasteiger charge is 2.09. The molecule has 0 bridgehead atoms. The average molecular weight is 326 g/mol. The van der Waals surface area contributed by atoms with Gasteiger partial charge in [0.05, 0.1) is 6.10 Å². The van der Waals surface area contributed by atoms with Gasteiger partial charge in [-0.2, -0.15) is 0 Å². The Balaban J connectivity index is 1.90. The number of carbonyl (C=O) groups is 2. The number of nitrogens with one attached hydrogen (secondary N) is 2. The lowest BCUT2D eigenvalue weighted by Crippen LogP contribution is -2.27. The highest BCUT2D eigenvalue weighted by atomic mass is 16.3. The second kappa shape index (κ2) is 8.84. The van der Waals surface area contributed by atoms with Gasteiger partial charge in [-0.15, -0.1) is 0 Å². The van der Waals surface area contributed by atoms with Crippen molar-refractivity contribution in [1.29, 1.82) is 0 Å². The monoisotopic (exact) mass is 326 g/mol. The van der Waals surface area contributed by atoms with Crippen molar-refractivity contribution in [3.05, 3.63) is 65.7 Å². The Morgan fingerprint density at radius 2 is 1.54 bits per heavy atom. The highest BCUT2D eigenvalue weighted by Crippen LogP contribution is 2.10. The number of aliphatic hydroxyl groups is 1. The zero-order valence-corrected chi connectivity index (χ0v) is 13.7. The van der Waals surface area contributed by atoms with Gasteiger partial charge in [0.2, 0.25) is 0 Å². The molecule has 0 saturated heterocycles. The summed E-state index contributed by atoms with van der Waals surface area (Å²) >= 11 is 0. The lowest BCUT2D eigenvalue weighted by Gasteiger charge is -2.09. The summed E-state index contributed by atoms with van der Waals surface area (Å²) in [5.74, 6) is -0.437. The van der Waals surface area contributed by atoms with Crippen LogP contribution in [0.15, 0.2) is 54.6 Å². The van der Waals surface area contributed by atoms with Gasteiger partial charge < -0.3 is 15.7 Å². The van der Waals surface area contributed by atoms with Crippen LogP contribution in [0, 0.1) is 0 Å². The van der Waals surface area contributed by atoms with Crippen LogP contribution in [-0.4, -0.2) is 29.6 Å². The molecule has 2 rings (SSSR count). The van der Waals surface area contributed by atoms with Gasteiger partial charge in [0.1, 0.15) is 0 Å². The van der Waals surface area contributed by atoms with Gasteiger partial charge in [-0.1, -0.05) is 25.1 Å². The maximum Gasteiger partial charge on any atom is 0.255 e. The minimum atomic E-state index is -0.394. The first-order chi connectivity index (χ1) is 11.6. The molecule has 0 saturated carbocycles. The van der Waals surface area contributed by atoms with Crippen LogP contribution in [0.2, 0.25) is 0 Å². The molecule has 2 amide bonds. The SMILES string of the molecule is CCC(O)CCNC(=O)c1ccc(C(=O)Nc2ccccc2)cc1. The van der Waals surface area contributed by atoms with Crippen molar-refractivity contribution in [2.75, 3.05) is 11.9 Å². The Kier molecular flexibility index (Phi) is 6.51. The molecule has 5 heteroatoms. The molecule has 0 aromatic heterocycles. The fraction of sp³-hybridized carbons (Fsp3) is 0.263. The normalized spacial score (nSPS) is 11.6. The Labute approximate surface area is 141 Å². The quantitative estimate of drug-likeness (QED) is 0.732. The van der Waals surface area contributed by atoms with E-state index in [9.17, 15) is 14.7 Å². The molecular weight excluding hydrogens is 304 g/mol. The molecule has 5 nitrogen and oxygen atoms in total. The third-order valence-electron chi connectivity index (χ3n) is 3.68. The number of amides is 2. The fourth-order valence-electron chi connectivity index (χ4n) is 2.16. The summed E-state index contributed by atoms with van der Waals surface area (Å²) in [6.45, 7) is 2.32. The van der Waals surface area contributed by atoms with Crippen molar-refractivity contribution in [3.8, 4) is 0 Å². The van der Waals surface area contributed by atoms with E-state index in [0.29, 0.717) is 30.5 Å². The number of para-hydroxylation sites is 1. The zero-order valence-electron chi connectivity index (χ0n) is 13.7. The van der Waals surface area contributed by atoms with E-state index in [4.69, 9.17) is 0 Å². The molecule has 0 aliphatic carbocycles. The van der Waals surface area contributed by atoms with E-state index >= 15 is 0 Å². The topological polar surface area (TPSA) is 78.4 Å². The summed E-state index contributed by atoms with van der Waals surface area (Å²) in [6, 6.07) is 15.7. The van der Waals surface area contributed by atoms with E-state index in [2.05, 4.69) is 10.6 Å². The Morgan fingerprint density at radius 1 is 0.958 bits per heavy atom. The molecule has 0 aliphatic rings. The summed E-state index contributed by atoms with van der Waals surface area (Å²) in [5, 5.41) is 15.0.